The summed E-state index contributed by atoms with van der Waals surface area (Å²) >= 11 is 1.36. The van der Waals surface area contributed by atoms with Crippen LogP contribution in [0.15, 0.2) is 54.0 Å². The van der Waals surface area contributed by atoms with E-state index in [1.54, 1.807) is 6.20 Å². The summed E-state index contributed by atoms with van der Waals surface area (Å²) in [5.74, 6) is 0.423. The van der Waals surface area contributed by atoms with Crippen LogP contribution in [0.4, 0.5) is 5.13 Å². The molecule has 0 aliphatic heterocycles. The minimum atomic E-state index is -0.243. The monoisotopic (exact) mass is 325 g/mol. The Morgan fingerprint density at radius 1 is 1.17 bits per heavy atom. The first-order valence-electron chi connectivity index (χ1n) is 7.07. The van der Waals surface area contributed by atoms with Gasteiger partial charge in [0.1, 0.15) is 11.4 Å². The minimum Gasteiger partial charge on any atom is -0.484 e. The molecular formula is C17H15N3O2S. The zero-order valence-corrected chi connectivity index (χ0v) is 13.3. The maximum atomic E-state index is 11.9. The first-order valence-corrected chi connectivity index (χ1v) is 7.95. The van der Waals surface area contributed by atoms with Gasteiger partial charge in [0.25, 0.3) is 5.91 Å². The number of hydrogen-bond donors (Lipinski definition) is 1. The summed E-state index contributed by atoms with van der Waals surface area (Å²) < 4.78 is 5.44. The number of thiazole rings is 1. The van der Waals surface area contributed by atoms with Crippen molar-refractivity contribution >= 4 is 22.4 Å². The first-order chi connectivity index (χ1) is 11.2. The van der Waals surface area contributed by atoms with Crippen molar-refractivity contribution in [2.75, 3.05) is 11.9 Å². The lowest BCUT2D eigenvalue weighted by Gasteiger charge is -2.05. The highest BCUT2D eigenvalue weighted by molar-refractivity contribution is 7.14. The molecule has 2 aromatic heterocycles. The van der Waals surface area contributed by atoms with Crippen LogP contribution in [-0.2, 0) is 4.79 Å². The molecule has 2 heterocycles. The maximum Gasteiger partial charge on any atom is 0.264 e. The Morgan fingerprint density at radius 2 is 2.00 bits per heavy atom. The van der Waals surface area contributed by atoms with E-state index in [1.165, 1.54) is 11.3 Å². The Bertz CT molecular complexity index is 785. The summed E-state index contributed by atoms with van der Waals surface area (Å²) in [4.78, 5) is 20.5. The van der Waals surface area contributed by atoms with Gasteiger partial charge < -0.3 is 4.74 Å². The normalized spacial score (nSPS) is 10.3. The van der Waals surface area contributed by atoms with Crippen molar-refractivity contribution < 1.29 is 9.53 Å². The molecule has 3 rings (SSSR count). The van der Waals surface area contributed by atoms with Crippen LogP contribution < -0.4 is 10.1 Å². The molecule has 1 N–H and O–H groups in total. The smallest absolute Gasteiger partial charge is 0.264 e. The van der Waals surface area contributed by atoms with Gasteiger partial charge in [-0.3, -0.25) is 15.1 Å². The molecule has 0 saturated carbocycles. The van der Waals surface area contributed by atoms with Crippen LogP contribution >= 0.6 is 11.3 Å². The summed E-state index contributed by atoms with van der Waals surface area (Å²) in [6.07, 6.45) is 1.71. The second-order valence-electron chi connectivity index (χ2n) is 4.90. The number of amides is 1. The molecule has 0 bridgehead atoms. The molecule has 0 saturated heterocycles. The predicted octanol–water partition coefficient (Wildman–Crippen LogP) is 3.53. The fourth-order valence-electron chi connectivity index (χ4n) is 1.90. The topological polar surface area (TPSA) is 64.1 Å². The summed E-state index contributed by atoms with van der Waals surface area (Å²) in [5, 5.41) is 5.12. The van der Waals surface area contributed by atoms with Crippen molar-refractivity contribution in [3.05, 3.63) is 59.6 Å². The second-order valence-corrected chi connectivity index (χ2v) is 5.76. The Balaban J connectivity index is 1.56. The van der Waals surface area contributed by atoms with Crippen LogP contribution in [0.2, 0.25) is 0 Å². The van der Waals surface area contributed by atoms with Gasteiger partial charge in [0.15, 0.2) is 11.7 Å². The molecule has 0 atom stereocenters. The highest BCUT2D eigenvalue weighted by Crippen LogP contribution is 2.23. The van der Waals surface area contributed by atoms with E-state index in [0.717, 1.165) is 17.0 Å². The van der Waals surface area contributed by atoms with Crippen LogP contribution in [-0.4, -0.2) is 22.5 Å². The lowest BCUT2D eigenvalue weighted by atomic mass is 10.2. The number of carbonyl (C=O) groups excluding carboxylic acids is 1. The summed E-state index contributed by atoms with van der Waals surface area (Å²) in [7, 11) is 0. The predicted molar refractivity (Wildman–Crippen MR) is 90.6 cm³/mol. The Labute approximate surface area is 138 Å². The molecule has 5 nitrogen and oxygen atoms in total. The number of hydrogen-bond acceptors (Lipinski definition) is 5. The summed E-state index contributed by atoms with van der Waals surface area (Å²) in [6.45, 7) is 1.94. The number of benzene rings is 1. The fraction of sp³-hybridized carbons (Fsp3) is 0.118. The van der Waals surface area contributed by atoms with Crippen molar-refractivity contribution in [1.82, 2.24) is 9.97 Å². The third-order valence-corrected chi connectivity index (χ3v) is 3.83. The molecule has 6 heteroatoms. The average molecular weight is 325 g/mol. The van der Waals surface area contributed by atoms with Gasteiger partial charge in [0.05, 0.1) is 5.69 Å². The van der Waals surface area contributed by atoms with Crippen molar-refractivity contribution in [3.8, 4) is 17.1 Å². The number of ether oxygens (including phenoxy) is 1. The van der Waals surface area contributed by atoms with Crippen molar-refractivity contribution in [1.29, 1.82) is 0 Å². The van der Waals surface area contributed by atoms with E-state index in [0.29, 0.717) is 10.9 Å². The first kappa shape index (κ1) is 15.2. The quantitative estimate of drug-likeness (QED) is 0.779. The van der Waals surface area contributed by atoms with Gasteiger partial charge in [-0.2, -0.15) is 0 Å². The summed E-state index contributed by atoms with van der Waals surface area (Å²) in [6, 6.07) is 13.2. The van der Waals surface area contributed by atoms with Crippen LogP contribution in [0, 0.1) is 6.92 Å². The van der Waals surface area contributed by atoms with Crippen molar-refractivity contribution in [2.24, 2.45) is 0 Å². The molecule has 0 unspecified atom stereocenters. The van der Waals surface area contributed by atoms with Crippen LogP contribution in [0.25, 0.3) is 11.4 Å². The average Bonchev–Trinajstić information content (AvgIpc) is 3.04. The number of nitrogens with one attached hydrogen (secondary N) is 1. The highest BCUT2D eigenvalue weighted by atomic mass is 32.1. The van der Waals surface area contributed by atoms with E-state index in [1.807, 2.05) is 54.8 Å². The largest absolute Gasteiger partial charge is 0.484 e. The van der Waals surface area contributed by atoms with Crippen molar-refractivity contribution in [2.45, 2.75) is 6.92 Å². The molecule has 1 aromatic carbocycles. The van der Waals surface area contributed by atoms with E-state index in [9.17, 15) is 4.79 Å². The number of aryl methyl sites for hydroxylation is 1. The number of nitrogens with zero attached hydrogens (tertiary/aromatic N) is 2. The van der Waals surface area contributed by atoms with Gasteiger partial charge in [-0.15, -0.1) is 11.3 Å². The van der Waals surface area contributed by atoms with Gasteiger partial charge in [-0.25, -0.2) is 4.98 Å². The fourth-order valence-corrected chi connectivity index (χ4v) is 2.62. The Hall–Kier alpha value is -2.73. The molecule has 0 aliphatic rings. The lowest BCUT2D eigenvalue weighted by molar-refractivity contribution is -0.118. The molecule has 0 aliphatic carbocycles. The molecule has 0 spiro atoms. The molecule has 0 fully saturated rings. The van der Waals surface area contributed by atoms with E-state index >= 15 is 0 Å². The number of carbonyl (C=O) groups is 1. The van der Waals surface area contributed by atoms with Crippen LogP contribution in [0.3, 0.4) is 0 Å². The number of aromatic nitrogens is 2. The van der Waals surface area contributed by atoms with E-state index in [4.69, 9.17) is 4.74 Å². The van der Waals surface area contributed by atoms with Gasteiger partial charge in [-0.05, 0) is 31.2 Å². The zero-order valence-electron chi connectivity index (χ0n) is 12.5. The lowest BCUT2D eigenvalue weighted by Crippen LogP contribution is -2.20. The van der Waals surface area contributed by atoms with Gasteiger partial charge in [0, 0.05) is 11.6 Å². The third kappa shape index (κ3) is 4.14. The van der Waals surface area contributed by atoms with E-state index < -0.39 is 0 Å². The molecule has 3 aromatic rings. The standard InChI is InChI=1S/C17H15N3O2S/c1-12-5-7-13(8-6-12)22-10-16(21)20-17-19-15(11-23-17)14-4-2-3-9-18-14/h2-9,11H,10H2,1H3,(H,19,20,21). The highest BCUT2D eigenvalue weighted by Gasteiger charge is 2.09. The SMILES string of the molecule is Cc1ccc(OCC(=O)Nc2nc(-c3ccccn3)cs2)cc1. The maximum absolute atomic E-state index is 11.9. The number of pyridine rings is 1. The Kier molecular flexibility index (Phi) is 4.63. The van der Waals surface area contributed by atoms with E-state index in [2.05, 4.69) is 15.3 Å². The summed E-state index contributed by atoms with van der Waals surface area (Å²) in [5.41, 5.74) is 2.66. The van der Waals surface area contributed by atoms with Crippen LogP contribution in [0.1, 0.15) is 5.56 Å². The van der Waals surface area contributed by atoms with E-state index in [-0.39, 0.29) is 12.5 Å². The van der Waals surface area contributed by atoms with Gasteiger partial charge in [-0.1, -0.05) is 23.8 Å². The number of anilines is 1. The molecule has 116 valence electrons. The second kappa shape index (κ2) is 7.02. The van der Waals surface area contributed by atoms with Gasteiger partial charge >= 0.3 is 0 Å². The Morgan fingerprint density at radius 3 is 2.74 bits per heavy atom. The number of rotatable bonds is 5. The van der Waals surface area contributed by atoms with Crippen LogP contribution in [0.5, 0.6) is 5.75 Å². The molecule has 0 radical (unpaired) electrons. The van der Waals surface area contributed by atoms with Crippen molar-refractivity contribution in [3.63, 3.8) is 0 Å². The molecule has 1 amide bonds. The third-order valence-electron chi connectivity index (χ3n) is 3.07. The molecule has 23 heavy (non-hydrogen) atoms. The molecular weight excluding hydrogens is 310 g/mol. The van der Waals surface area contributed by atoms with Gasteiger partial charge in [0.2, 0.25) is 0 Å². The minimum absolute atomic E-state index is 0.0540. The zero-order chi connectivity index (χ0) is 16.1.